The van der Waals surface area contributed by atoms with Crippen molar-refractivity contribution < 1.29 is 0 Å². The maximum atomic E-state index is 6.26. The first-order valence-electron chi connectivity index (χ1n) is 6.26. The minimum atomic E-state index is 0.585. The summed E-state index contributed by atoms with van der Waals surface area (Å²) in [5.41, 5.74) is 4.45. The van der Waals surface area contributed by atoms with Crippen LogP contribution in [0.15, 0.2) is 18.5 Å². The third-order valence-electron chi connectivity index (χ3n) is 3.40. The van der Waals surface area contributed by atoms with E-state index >= 15 is 0 Å². The summed E-state index contributed by atoms with van der Waals surface area (Å²) in [6.45, 7) is 0. The first-order chi connectivity index (χ1) is 9.20. The van der Waals surface area contributed by atoms with Gasteiger partial charge in [0.15, 0.2) is 0 Å². The van der Waals surface area contributed by atoms with E-state index < -0.39 is 0 Å². The van der Waals surface area contributed by atoms with Gasteiger partial charge in [0.1, 0.15) is 0 Å². The molecule has 0 saturated carbocycles. The Morgan fingerprint density at radius 3 is 3.05 bits per heavy atom. The van der Waals surface area contributed by atoms with Crippen molar-refractivity contribution in [3.63, 3.8) is 0 Å². The van der Waals surface area contributed by atoms with E-state index in [1.165, 1.54) is 11.3 Å². The maximum Gasteiger partial charge on any atom is 0.223 e. The van der Waals surface area contributed by atoms with E-state index in [-0.39, 0.29) is 0 Å². The average Bonchev–Trinajstić information content (AvgIpc) is 2.77. The molecule has 0 fully saturated rings. The van der Waals surface area contributed by atoms with Gasteiger partial charge in [0.2, 0.25) is 5.95 Å². The van der Waals surface area contributed by atoms with Gasteiger partial charge in [-0.3, -0.25) is 0 Å². The smallest absolute Gasteiger partial charge is 0.223 e. The van der Waals surface area contributed by atoms with Crippen LogP contribution in [0.4, 0.5) is 5.95 Å². The van der Waals surface area contributed by atoms with Gasteiger partial charge in [-0.2, -0.15) is 0 Å². The van der Waals surface area contributed by atoms with Gasteiger partial charge in [-0.1, -0.05) is 17.7 Å². The Morgan fingerprint density at radius 2 is 2.26 bits per heavy atom. The molecule has 1 N–H and O–H groups in total. The van der Waals surface area contributed by atoms with Gasteiger partial charge in [0, 0.05) is 31.5 Å². The second-order valence-corrected chi connectivity index (χ2v) is 5.01. The van der Waals surface area contributed by atoms with Crippen molar-refractivity contribution in [2.75, 3.05) is 12.4 Å². The molecule has 1 aliphatic carbocycles. The van der Waals surface area contributed by atoms with Crippen LogP contribution in [-0.2, 0) is 13.5 Å². The molecule has 0 spiro atoms. The maximum absolute atomic E-state index is 6.26. The van der Waals surface area contributed by atoms with Crippen molar-refractivity contribution >= 4 is 23.6 Å². The van der Waals surface area contributed by atoms with Crippen molar-refractivity contribution in [3.05, 3.63) is 34.7 Å². The second-order valence-electron chi connectivity index (χ2n) is 4.60. The van der Waals surface area contributed by atoms with E-state index in [9.17, 15) is 0 Å². The Kier molecular flexibility index (Phi) is 3.03. The Balaban J connectivity index is 2.20. The summed E-state index contributed by atoms with van der Waals surface area (Å²) >= 11 is 6.26. The van der Waals surface area contributed by atoms with Gasteiger partial charge >= 0.3 is 0 Å². The predicted molar refractivity (Wildman–Crippen MR) is 78.4 cm³/mol. The summed E-state index contributed by atoms with van der Waals surface area (Å²) in [5.74, 6) is 0.586. The number of rotatable bonds is 2. The number of nitrogens with one attached hydrogen (secondary N) is 1. The largest absolute Gasteiger partial charge is 0.357 e. The molecule has 0 unspecified atom stereocenters. The van der Waals surface area contributed by atoms with E-state index in [0.717, 1.165) is 24.1 Å². The molecule has 0 radical (unpaired) electrons. The average molecular weight is 275 g/mol. The molecular formula is C14H15ClN4. The highest BCUT2D eigenvalue weighted by atomic mass is 35.5. The van der Waals surface area contributed by atoms with E-state index in [0.29, 0.717) is 11.0 Å². The first kappa shape index (κ1) is 12.2. The van der Waals surface area contributed by atoms with Crippen LogP contribution in [0.1, 0.15) is 17.7 Å². The van der Waals surface area contributed by atoms with Crippen LogP contribution in [0.3, 0.4) is 0 Å². The number of aromatic nitrogens is 3. The van der Waals surface area contributed by atoms with Gasteiger partial charge in [-0.15, -0.1) is 0 Å². The number of halogens is 1. The third-order valence-corrected chi connectivity index (χ3v) is 3.67. The van der Waals surface area contributed by atoms with Crippen LogP contribution in [0.5, 0.6) is 0 Å². The fraction of sp³-hybridized carbons (Fsp3) is 0.286. The molecule has 2 aromatic rings. The van der Waals surface area contributed by atoms with Gasteiger partial charge in [-0.25, -0.2) is 9.97 Å². The minimum Gasteiger partial charge on any atom is -0.357 e. The summed E-state index contributed by atoms with van der Waals surface area (Å²) in [6.07, 6.45) is 10.2. The SMILES string of the molecule is CNc1ncc(Cl)c(-c2cn(C)c3c2CCC=C3)n1. The Bertz CT molecular complexity index is 658. The molecule has 5 heteroatoms. The fourth-order valence-corrected chi connectivity index (χ4v) is 2.67. The lowest BCUT2D eigenvalue weighted by molar-refractivity contribution is 0.885. The Hall–Kier alpha value is -1.81. The van der Waals surface area contributed by atoms with Crippen LogP contribution in [0, 0.1) is 0 Å². The van der Waals surface area contributed by atoms with Crippen molar-refractivity contribution in [2.24, 2.45) is 7.05 Å². The number of anilines is 1. The fourth-order valence-electron chi connectivity index (χ4n) is 2.48. The molecule has 2 heterocycles. The molecule has 0 aliphatic heterocycles. The molecule has 1 aliphatic rings. The van der Waals surface area contributed by atoms with Crippen molar-refractivity contribution in [3.8, 4) is 11.3 Å². The standard InChI is InChI=1S/C14H15ClN4/c1-16-14-17-7-11(15)13(18-14)10-8-19(2)12-6-4-3-5-9(10)12/h4,6-8H,3,5H2,1-2H3,(H,16,17,18). The zero-order valence-electron chi connectivity index (χ0n) is 10.9. The van der Waals surface area contributed by atoms with Gasteiger partial charge < -0.3 is 9.88 Å². The number of nitrogens with zero attached hydrogens (tertiary/aromatic N) is 3. The molecule has 4 nitrogen and oxygen atoms in total. The van der Waals surface area contributed by atoms with Gasteiger partial charge in [0.05, 0.1) is 16.9 Å². The molecule has 98 valence electrons. The molecule has 0 aromatic carbocycles. The van der Waals surface area contributed by atoms with E-state index in [1.54, 1.807) is 13.2 Å². The number of hydrogen-bond donors (Lipinski definition) is 1. The predicted octanol–water partition coefficient (Wildman–Crippen LogP) is 3.14. The first-order valence-corrected chi connectivity index (χ1v) is 6.64. The molecule has 0 saturated heterocycles. The summed E-state index contributed by atoms with van der Waals surface area (Å²) < 4.78 is 2.12. The van der Waals surface area contributed by atoms with Gasteiger partial charge in [0.25, 0.3) is 0 Å². The van der Waals surface area contributed by atoms with Crippen LogP contribution in [0.2, 0.25) is 5.02 Å². The molecule has 0 bridgehead atoms. The molecule has 2 aromatic heterocycles. The second kappa shape index (κ2) is 4.70. The number of aryl methyl sites for hydroxylation is 1. The van der Waals surface area contributed by atoms with Crippen LogP contribution in [-0.4, -0.2) is 21.6 Å². The molecule has 0 amide bonds. The molecule has 19 heavy (non-hydrogen) atoms. The molecule has 0 atom stereocenters. The highest BCUT2D eigenvalue weighted by Gasteiger charge is 2.19. The van der Waals surface area contributed by atoms with Crippen molar-refractivity contribution in [1.29, 1.82) is 0 Å². The number of fused-ring (bicyclic) bond motifs is 1. The van der Waals surface area contributed by atoms with Crippen LogP contribution >= 0.6 is 11.6 Å². The quantitative estimate of drug-likeness (QED) is 0.915. The normalized spacial score (nSPS) is 13.4. The lowest BCUT2D eigenvalue weighted by Gasteiger charge is -2.10. The summed E-state index contributed by atoms with van der Waals surface area (Å²) in [6, 6.07) is 0. The third kappa shape index (κ3) is 2.02. The number of allylic oxidation sites excluding steroid dienone is 1. The van der Waals surface area contributed by atoms with E-state index in [2.05, 4.69) is 38.2 Å². The molecule has 3 rings (SSSR count). The lowest BCUT2D eigenvalue weighted by atomic mass is 9.99. The summed E-state index contributed by atoms with van der Waals surface area (Å²) in [4.78, 5) is 8.62. The Morgan fingerprint density at radius 1 is 1.42 bits per heavy atom. The van der Waals surface area contributed by atoms with E-state index in [4.69, 9.17) is 11.6 Å². The lowest BCUT2D eigenvalue weighted by Crippen LogP contribution is -1.99. The van der Waals surface area contributed by atoms with E-state index in [1.807, 2.05) is 7.05 Å². The monoisotopic (exact) mass is 274 g/mol. The topological polar surface area (TPSA) is 42.7 Å². The molecular weight excluding hydrogens is 260 g/mol. The Labute approximate surface area is 117 Å². The minimum absolute atomic E-state index is 0.585. The van der Waals surface area contributed by atoms with Gasteiger partial charge in [-0.05, 0) is 24.5 Å². The zero-order chi connectivity index (χ0) is 13.4. The van der Waals surface area contributed by atoms with Crippen LogP contribution < -0.4 is 5.32 Å². The number of hydrogen-bond acceptors (Lipinski definition) is 3. The van der Waals surface area contributed by atoms with Crippen LogP contribution in [0.25, 0.3) is 17.3 Å². The van der Waals surface area contributed by atoms with Crippen molar-refractivity contribution in [2.45, 2.75) is 12.8 Å². The summed E-state index contributed by atoms with van der Waals surface area (Å²) in [7, 11) is 3.85. The zero-order valence-corrected chi connectivity index (χ0v) is 11.7. The van der Waals surface area contributed by atoms with Crippen molar-refractivity contribution in [1.82, 2.24) is 14.5 Å². The highest BCUT2D eigenvalue weighted by Crippen LogP contribution is 2.34. The summed E-state index contributed by atoms with van der Waals surface area (Å²) in [5, 5.41) is 3.53. The highest BCUT2D eigenvalue weighted by molar-refractivity contribution is 6.33.